The Morgan fingerprint density at radius 3 is 1.33 bits per heavy atom. The number of esters is 2. The molecule has 0 bridgehead atoms. The predicted molar refractivity (Wildman–Crippen MR) is 227 cm³/mol. The molecule has 0 aromatic heterocycles. The molecule has 0 saturated carbocycles. The fourth-order valence-corrected chi connectivity index (χ4v) is 6.71. The van der Waals surface area contributed by atoms with Crippen LogP contribution in [-0.4, -0.2) is 75.5 Å². The Kier molecular flexibility index (Phi) is 37.1. The van der Waals surface area contributed by atoms with Gasteiger partial charge in [-0.1, -0.05) is 147 Å². The third-order valence-electron chi connectivity index (χ3n) is 10.3. The van der Waals surface area contributed by atoms with E-state index in [9.17, 15) is 19.5 Å². The van der Waals surface area contributed by atoms with Crippen LogP contribution in [-0.2, 0) is 28.6 Å². The molecule has 2 atom stereocenters. The Balaban J connectivity index is 4.33. The Morgan fingerprint density at radius 2 is 0.909 bits per heavy atom. The minimum absolute atomic E-state index is 0.0354. The van der Waals surface area contributed by atoms with Crippen molar-refractivity contribution < 1.29 is 38.2 Å². The predicted octanol–water partition coefficient (Wildman–Crippen LogP) is 11.1. The number of likely N-dealkylation sites (N-methyl/N-ethyl adjacent to an activating group) is 1. The summed E-state index contributed by atoms with van der Waals surface area (Å²) in [6.07, 6.45) is 42.0. The van der Waals surface area contributed by atoms with Gasteiger partial charge in [0.1, 0.15) is 12.6 Å². The van der Waals surface area contributed by atoms with E-state index in [0.717, 1.165) is 64.2 Å². The SMILES string of the molecule is CCCCCCCC/C=C/CCCCCC(=O)OCC(COCCC(C(=O)[O-])[N+](C)(C)C)OC(=O)CCCCCCC/C=C/CCCCCCCCCCC. The van der Waals surface area contributed by atoms with E-state index in [1.165, 1.54) is 109 Å². The zero-order valence-electron chi connectivity index (χ0n) is 36.6. The van der Waals surface area contributed by atoms with Crippen molar-refractivity contribution in [2.24, 2.45) is 0 Å². The number of nitrogens with zero attached hydrogens (tertiary/aromatic N) is 1. The summed E-state index contributed by atoms with van der Waals surface area (Å²) in [7, 11) is 5.40. The van der Waals surface area contributed by atoms with Gasteiger partial charge in [-0.05, 0) is 64.2 Å². The van der Waals surface area contributed by atoms with Crippen molar-refractivity contribution in [3.8, 4) is 0 Å². The van der Waals surface area contributed by atoms with Crippen molar-refractivity contribution in [3.05, 3.63) is 24.3 Å². The summed E-state index contributed by atoms with van der Waals surface area (Å²) in [6, 6.07) is -0.727. The minimum atomic E-state index is -1.13. The van der Waals surface area contributed by atoms with E-state index >= 15 is 0 Å². The second kappa shape index (κ2) is 38.7. The number of unbranched alkanes of at least 4 members (excludes halogenated alkanes) is 23. The lowest BCUT2D eigenvalue weighted by molar-refractivity contribution is -0.889. The average Bonchev–Trinajstić information content (AvgIpc) is 3.14. The molecule has 0 aliphatic rings. The van der Waals surface area contributed by atoms with Gasteiger partial charge in [-0.2, -0.15) is 0 Å². The number of aliphatic carboxylic acids is 1. The van der Waals surface area contributed by atoms with Gasteiger partial charge < -0.3 is 28.6 Å². The molecule has 8 heteroatoms. The number of hydrogen-bond donors (Lipinski definition) is 0. The fourth-order valence-electron chi connectivity index (χ4n) is 6.71. The summed E-state index contributed by atoms with van der Waals surface area (Å²) in [5.74, 6) is -1.76. The number of carboxylic acid groups (broad SMARTS) is 1. The first-order valence-electron chi connectivity index (χ1n) is 22.9. The topological polar surface area (TPSA) is 102 Å². The van der Waals surface area contributed by atoms with Crippen LogP contribution in [0.3, 0.4) is 0 Å². The van der Waals surface area contributed by atoms with Gasteiger partial charge in [0.15, 0.2) is 6.10 Å². The van der Waals surface area contributed by atoms with Gasteiger partial charge in [-0.15, -0.1) is 0 Å². The van der Waals surface area contributed by atoms with Crippen molar-refractivity contribution in [3.63, 3.8) is 0 Å². The van der Waals surface area contributed by atoms with Gasteiger partial charge >= 0.3 is 11.9 Å². The summed E-state index contributed by atoms with van der Waals surface area (Å²) in [5.41, 5.74) is 0. The molecule has 0 saturated heterocycles. The second-order valence-electron chi connectivity index (χ2n) is 16.6. The fraction of sp³-hybridized carbons (Fsp3) is 0.851. The molecule has 0 rings (SSSR count). The first-order valence-corrected chi connectivity index (χ1v) is 22.9. The number of carbonyl (C=O) groups is 3. The molecule has 0 aromatic carbocycles. The minimum Gasteiger partial charge on any atom is -0.544 e. The Morgan fingerprint density at radius 1 is 0.527 bits per heavy atom. The summed E-state index contributed by atoms with van der Waals surface area (Å²) in [6.45, 7) is 4.64. The maximum atomic E-state index is 12.7. The highest BCUT2D eigenvalue weighted by atomic mass is 16.6. The summed E-state index contributed by atoms with van der Waals surface area (Å²) in [4.78, 5) is 36.8. The first-order chi connectivity index (χ1) is 26.6. The van der Waals surface area contributed by atoms with Gasteiger partial charge in [0.05, 0.1) is 40.3 Å². The molecule has 0 radical (unpaired) electrons. The Bertz CT molecular complexity index is 957. The van der Waals surface area contributed by atoms with Crippen molar-refractivity contribution >= 4 is 17.9 Å². The quantitative estimate of drug-likeness (QED) is 0.0264. The van der Waals surface area contributed by atoms with Crippen LogP contribution < -0.4 is 5.11 Å². The zero-order valence-corrected chi connectivity index (χ0v) is 36.6. The highest BCUT2D eigenvalue weighted by Crippen LogP contribution is 2.14. The zero-order chi connectivity index (χ0) is 40.7. The molecule has 0 aromatic rings. The smallest absolute Gasteiger partial charge is 0.306 e. The number of carboxylic acids is 1. The molecule has 322 valence electrons. The van der Waals surface area contributed by atoms with E-state index in [2.05, 4.69) is 38.2 Å². The highest BCUT2D eigenvalue weighted by Gasteiger charge is 2.25. The van der Waals surface area contributed by atoms with Gasteiger partial charge in [0.2, 0.25) is 0 Å². The van der Waals surface area contributed by atoms with Gasteiger partial charge in [-0.25, -0.2) is 0 Å². The summed E-state index contributed by atoms with van der Waals surface area (Å²) < 4.78 is 17.2. The third kappa shape index (κ3) is 37.2. The molecule has 0 aliphatic heterocycles. The molecular formula is C47H87NO7. The number of allylic oxidation sites excluding steroid dienone is 4. The van der Waals surface area contributed by atoms with Gasteiger partial charge in [-0.3, -0.25) is 9.59 Å². The Labute approximate surface area is 339 Å². The first kappa shape index (κ1) is 52.8. The highest BCUT2D eigenvalue weighted by molar-refractivity contribution is 5.70. The molecule has 0 aliphatic carbocycles. The van der Waals surface area contributed by atoms with E-state index in [1.54, 1.807) is 21.1 Å². The average molecular weight is 778 g/mol. The lowest BCUT2D eigenvalue weighted by Gasteiger charge is -2.34. The lowest BCUT2D eigenvalue weighted by Crippen LogP contribution is -2.55. The maximum absolute atomic E-state index is 12.7. The van der Waals surface area contributed by atoms with Gasteiger partial charge in [0.25, 0.3) is 0 Å². The van der Waals surface area contributed by atoms with Crippen LogP contribution in [0.4, 0.5) is 0 Å². The number of hydrogen-bond acceptors (Lipinski definition) is 7. The molecule has 0 spiro atoms. The van der Waals surface area contributed by atoms with Crippen molar-refractivity contribution in [2.75, 3.05) is 41.0 Å². The molecular weight excluding hydrogens is 691 g/mol. The number of carbonyl (C=O) groups excluding carboxylic acids is 3. The molecule has 0 heterocycles. The largest absolute Gasteiger partial charge is 0.544 e. The number of quaternary nitrogens is 1. The van der Waals surface area contributed by atoms with Crippen LogP contribution in [0, 0.1) is 0 Å². The van der Waals surface area contributed by atoms with Crippen molar-refractivity contribution in [2.45, 2.75) is 219 Å². The van der Waals surface area contributed by atoms with Crippen molar-refractivity contribution in [1.29, 1.82) is 0 Å². The van der Waals surface area contributed by atoms with Crippen molar-refractivity contribution in [1.82, 2.24) is 0 Å². The van der Waals surface area contributed by atoms with E-state index in [4.69, 9.17) is 14.2 Å². The van der Waals surface area contributed by atoms with E-state index in [0.29, 0.717) is 12.8 Å². The van der Waals surface area contributed by atoms with E-state index in [-0.39, 0.29) is 42.7 Å². The van der Waals surface area contributed by atoms with Crippen LogP contribution in [0.5, 0.6) is 0 Å². The Hall–Kier alpha value is -2.19. The molecule has 0 N–H and O–H groups in total. The summed E-state index contributed by atoms with van der Waals surface area (Å²) in [5, 5.41) is 11.6. The second-order valence-corrected chi connectivity index (χ2v) is 16.6. The third-order valence-corrected chi connectivity index (χ3v) is 10.3. The maximum Gasteiger partial charge on any atom is 0.306 e. The number of rotatable bonds is 41. The van der Waals surface area contributed by atoms with Crippen LogP contribution in [0.25, 0.3) is 0 Å². The molecule has 0 fully saturated rings. The van der Waals surface area contributed by atoms with E-state index in [1.807, 2.05) is 0 Å². The molecule has 0 amide bonds. The molecule has 8 nitrogen and oxygen atoms in total. The summed E-state index contributed by atoms with van der Waals surface area (Å²) >= 11 is 0. The normalized spacial score (nSPS) is 13.1. The molecule has 55 heavy (non-hydrogen) atoms. The van der Waals surface area contributed by atoms with Gasteiger partial charge in [0, 0.05) is 19.3 Å². The van der Waals surface area contributed by atoms with Crippen LogP contribution in [0.15, 0.2) is 24.3 Å². The monoisotopic (exact) mass is 778 g/mol. The van der Waals surface area contributed by atoms with Crippen LogP contribution in [0.2, 0.25) is 0 Å². The standard InChI is InChI=1S/C47H87NO7/c1-6-8-10-12-14-16-18-20-21-22-23-24-26-28-30-32-34-36-38-46(50)55-43(41-53-40-39-44(47(51)52)48(3,4)5)42-54-45(49)37-35-33-31-29-27-25-19-17-15-13-11-9-7-2/h23-25,27,43-44H,6-22,26,28-42H2,1-5H3/b24-23+,27-25+. The molecule has 2 unspecified atom stereocenters. The van der Waals surface area contributed by atoms with Crippen LogP contribution >= 0.6 is 0 Å². The number of ether oxygens (including phenoxy) is 3. The van der Waals surface area contributed by atoms with Crippen LogP contribution in [0.1, 0.15) is 206 Å². The van der Waals surface area contributed by atoms with E-state index < -0.39 is 18.1 Å². The lowest BCUT2D eigenvalue weighted by atomic mass is 10.1.